The standard InChI is InChI=1S/C16H30N2O2/c1-2-3-4-5-6-7-8-9-10-11-12-13-14-20-16(19)15-18-17/h15H,2-14H2,1H3. The Morgan fingerprint density at radius 1 is 0.900 bits per heavy atom. The molecule has 4 nitrogen and oxygen atoms in total. The van der Waals surface area contributed by atoms with Crippen molar-refractivity contribution in [2.24, 2.45) is 0 Å². The van der Waals surface area contributed by atoms with E-state index in [9.17, 15) is 4.79 Å². The summed E-state index contributed by atoms with van der Waals surface area (Å²) in [6, 6.07) is 0. The summed E-state index contributed by atoms with van der Waals surface area (Å²) in [4.78, 5) is 13.4. The van der Waals surface area contributed by atoms with Crippen molar-refractivity contribution in [3.05, 3.63) is 5.53 Å². The van der Waals surface area contributed by atoms with Gasteiger partial charge in [0.15, 0.2) is 0 Å². The van der Waals surface area contributed by atoms with E-state index in [1.54, 1.807) is 0 Å². The highest BCUT2D eigenvalue weighted by molar-refractivity contribution is 6.20. The molecule has 20 heavy (non-hydrogen) atoms. The molecule has 0 saturated carbocycles. The lowest BCUT2D eigenvalue weighted by Gasteiger charge is -2.03. The number of hydrogen-bond donors (Lipinski definition) is 0. The van der Waals surface area contributed by atoms with Crippen LogP contribution in [0.4, 0.5) is 0 Å². The van der Waals surface area contributed by atoms with Gasteiger partial charge in [0, 0.05) is 0 Å². The quantitative estimate of drug-likeness (QED) is 0.154. The van der Waals surface area contributed by atoms with E-state index >= 15 is 0 Å². The summed E-state index contributed by atoms with van der Waals surface area (Å²) in [7, 11) is 0. The summed E-state index contributed by atoms with van der Waals surface area (Å²) in [6.45, 7) is 2.67. The van der Waals surface area contributed by atoms with Gasteiger partial charge in [-0.2, -0.15) is 4.79 Å². The van der Waals surface area contributed by atoms with E-state index in [2.05, 4.69) is 11.7 Å². The molecule has 0 aromatic rings. The molecule has 4 heteroatoms. The van der Waals surface area contributed by atoms with Crippen LogP contribution in [0.2, 0.25) is 0 Å². The number of carbonyl (C=O) groups is 1. The van der Waals surface area contributed by atoms with Crippen molar-refractivity contribution in [1.29, 1.82) is 0 Å². The number of hydrogen-bond acceptors (Lipinski definition) is 2. The Kier molecular flexibility index (Phi) is 15.0. The molecule has 0 bridgehead atoms. The number of esters is 1. The average Bonchev–Trinajstić information content (AvgIpc) is 2.44. The van der Waals surface area contributed by atoms with E-state index < -0.39 is 5.97 Å². The SMILES string of the molecule is CCCCCCCCCCCCCCOC(=O)C=[N+]=[N-]. The van der Waals surface area contributed by atoms with Crippen LogP contribution in [0.1, 0.15) is 84.0 Å². The van der Waals surface area contributed by atoms with Gasteiger partial charge in [0.25, 0.3) is 0 Å². The first-order chi connectivity index (χ1) is 9.81. The molecule has 0 aromatic carbocycles. The third kappa shape index (κ3) is 14.9. The van der Waals surface area contributed by atoms with E-state index in [1.165, 1.54) is 64.2 Å². The minimum atomic E-state index is -0.574. The van der Waals surface area contributed by atoms with Crippen LogP contribution in [0, 0.1) is 0 Å². The molecule has 0 atom stereocenters. The summed E-state index contributed by atoms with van der Waals surface area (Å²) in [5.74, 6) is -0.574. The normalized spacial score (nSPS) is 10.1. The third-order valence-electron chi connectivity index (χ3n) is 3.41. The van der Waals surface area contributed by atoms with Crippen LogP contribution in [0.5, 0.6) is 0 Å². The number of unbranched alkanes of at least 4 members (excludes halogenated alkanes) is 11. The summed E-state index contributed by atoms with van der Waals surface area (Å²) in [5, 5.41) is 0. The zero-order valence-corrected chi connectivity index (χ0v) is 13.0. The topological polar surface area (TPSA) is 62.7 Å². The summed E-state index contributed by atoms with van der Waals surface area (Å²) >= 11 is 0. The Labute approximate surface area is 123 Å². The Bertz CT molecular complexity index is 274. The largest absolute Gasteiger partial charge is 0.457 e. The molecule has 0 unspecified atom stereocenters. The highest BCUT2D eigenvalue weighted by Gasteiger charge is 2.01. The maximum atomic E-state index is 10.8. The lowest BCUT2D eigenvalue weighted by Crippen LogP contribution is -2.07. The number of carbonyl (C=O) groups excluding carboxylic acids is 1. The fourth-order valence-electron chi connectivity index (χ4n) is 2.20. The van der Waals surface area contributed by atoms with Crippen LogP contribution >= 0.6 is 0 Å². The summed E-state index contributed by atoms with van der Waals surface area (Å²) in [5.41, 5.74) is 8.11. The van der Waals surface area contributed by atoms with Crippen LogP contribution < -0.4 is 0 Å². The maximum Gasteiger partial charge on any atom is 0.413 e. The first-order valence-corrected chi connectivity index (χ1v) is 8.15. The molecule has 0 spiro atoms. The molecule has 0 aliphatic rings. The van der Waals surface area contributed by atoms with Gasteiger partial charge in [-0.1, -0.05) is 77.6 Å². The molecule has 0 aliphatic carbocycles. The summed E-state index contributed by atoms with van der Waals surface area (Å²) in [6.07, 6.45) is 16.2. The first-order valence-electron chi connectivity index (χ1n) is 8.15. The molecule has 0 N–H and O–H groups in total. The van der Waals surface area contributed by atoms with E-state index in [1.807, 2.05) is 0 Å². The second-order valence-corrected chi connectivity index (χ2v) is 5.30. The monoisotopic (exact) mass is 282 g/mol. The van der Waals surface area contributed by atoms with Crippen LogP contribution in [0.3, 0.4) is 0 Å². The predicted molar refractivity (Wildman–Crippen MR) is 81.7 cm³/mol. The van der Waals surface area contributed by atoms with Crippen LogP contribution in [-0.2, 0) is 9.53 Å². The number of ether oxygens (including phenoxy) is 1. The van der Waals surface area contributed by atoms with Gasteiger partial charge in [-0.05, 0) is 6.42 Å². The Morgan fingerprint density at radius 2 is 1.35 bits per heavy atom. The minimum absolute atomic E-state index is 0.419. The molecule has 0 amide bonds. The van der Waals surface area contributed by atoms with Crippen LogP contribution in [0.15, 0.2) is 0 Å². The molecule has 0 heterocycles. The highest BCUT2D eigenvalue weighted by Crippen LogP contribution is 2.11. The van der Waals surface area contributed by atoms with E-state index in [0.29, 0.717) is 6.61 Å². The fourth-order valence-corrected chi connectivity index (χ4v) is 2.20. The highest BCUT2D eigenvalue weighted by atomic mass is 16.5. The molecule has 0 rings (SSSR count). The van der Waals surface area contributed by atoms with Crippen LogP contribution in [0.25, 0.3) is 5.53 Å². The minimum Gasteiger partial charge on any atom is -0.457 e. The molecule has 116 valence electrons. The zero-order chi connectivity index (χ0) is 14.9. The Morgan fingerprint density at radius 3 is 1.80 bits per heavy atom. The van der Waals surface area contributed by atoms with E-state index in [4.69, 9.17) is 10.3 Å². The van der Waals surface area contributed by atoms with Gasteiger partial charge in [0.05, 0.1) is 6.61 Å². The third-order valence-corrected chi connectivity index (χ3v) is 3.41. The van der Waals surface area contributed by atoms with Crippen molar-refractivity contribution in [2.45, 2.75) is 84.0 Å². The molecule has 0 aliphatic heterocycles. The van der Waals surface area contributed by atoms with Crippen molar-refractivity contribution in [2.75, 3.05) is 6.61 Å². The molecule has 0 saturated heterocycles. The Balaban J connectivity index is 3.06. The molecule has 0 aromatic heterocycles. The zero-order valence-electron chi connectivity index (χ0n) is 13.0. The van der Waals surface area contributed by atoms with Gasteiger partial charge >= 0.3 is 12.2 Å². The second kappa shape index (κ2) is 15.9. The smallest absolute Gasteiger partial charge is 0.413 e. The number of rotatable bonds is 14. The van der Waals surface area contributed by atoms with E-state index in [0.717, 1.165) is 19.1 Å². The Hall–Kier alpha value is -1.15. The molecule has 0 fully saturated rings. The van der Waals surface area contributed by atoms with Gasteiger partial charge in [0.2, 0.25) is 0 Å². The van der Waals surface area contributed by atoms with Crippen molar-refractivity contribution < 1.29 is 14.3 Å². The van der Waals surface area contributed by atoms with Crippen molar-refractivity contribution in [1.82, 2.24) is 0 Å². The van der Waals surface area contributed by atoms with Crippen LogP contribution in [-0.4, -0.2) is 23.6 Å². The lowest BCUT2D eigenvalue weighted by atomic mass is 10.1. The van der Waals surface area contributed by atoms with Gasteiger partial charge < -0.3 is 10.3 Å². The predicted octanol–water partition coefficient (Wildman–Crippen LogP) is 4.53. The van der Waals surface area contributed by atoms with E-state index in [-0.39, 0.29) is 0 Å². The molecule has 0 radical (unpaired) electrons. The number of nitrogens with zero attached hydrogens (tertiary/aromatic N) is 2. The fraction of sp³-hybridized carbons (Fsp3) is 0.875. The molecular formula is C16H30N2O2. The average molecular weight is 282 g/mol. The van der Waals surface area contributed by atoms with Crippen molar-refractivity contribution in [3.8, 4) is 0 Å². The maximum absolute atomic E-state index is 10.8. The van der Waals surface area contributed by atoms with Gasteiger partial charge in [0.1, 0.15) is 0 Å². The second-order valence-electron chi connectivity index (χ2n) is 5.30. The lowest BCUT2D eigenvalue weighted by molar-refractivity contribution is -0.139. The molecular weight excluding hydrogens is 252 g/mol. The summed E-state index contributed by atoms with van der Waals surface area (Å²) < 4.78 is 4.83. The van der Waals surface area contributed by atoms with Crippen molar-refractivity contribution >= 4 is 12.2 Å². The first kappa shape index (κ1) is 18.9. The van der Waals surface area contributed by atoms with Crippen molar-refractivity contribution in [3.63, 3.8) is 0 Å². The van der Waals surface area contributed by atoms with Gasteiger partial charge in [-0.25, -0.2) is 4.79 Å². The van der Waals surface area contributed by atoms with Gasteiger partial charge in [-0.3, -0.25) is 0 Å². The van der Waals surface area contributed by atoms with Gasteiger partial charge in [-0.15, -0.1) is 0 Å².